The number of anilines is 1. The summed E-state index contributed by atoms with van der Waals surface area (Å²) < 4.78 is 17.4. The molecule has 0 heterocycles. The van der Waals surface area contributed by atoms with Crippen LogP contribution in [0.15, 0.2) is 12.1 Å². The molecule has 1 rings (SSSR count). The van der Waals surface area contributed by atoms with Gasteiger partial charge in [-0.1, -0.05) is 26.8 Å². The van der Waals surface area contributed by atoms with Crippen molar-refractivity contribution in [2.75, 3.05) is 26.2 Å². The van der Waals surface area contributed by atoms with Gasteiger partial charge in [-0.2, -0.15) is 0 Å². The number of ether oxygens (including phenoxy) is 1. The van der Waals surface area contributed by atoms with Gasteiger partial charge in [0.05, 0.1) is 19.9 Å². The Morgan fingerprint density at radius 2 is 1.83 bits per heavy atom. The van der Waals surface area contributed by atoms with Crippen LogP contribution >= 0.6 is 7.14 Å². The van der Waals surface area contributed by atoms with Crippen molar-refractivity contribution in [3.05, 3.63) is 23.3 Å². The van der Waals surface area contributed by atoms with E-state index in [0.29, 0.717) is 17.6 Å². The van der Waals surface area contributed by atoms with Crippen molar-refractivity contribution in [1.82, 2.24) is 0 Å². The molecule has 0 aromatic heterocycles. The molecule has 0 radical (unpaired) electrons. The average Bonchev–Trinajstić information content (AvgIpc) is 2.13. The number of methoxy groups -OCH3 is 1. The zero-order chi connectivity index (χ0) is 14.1. The van der Waals surface area contributed by atoms with E-state index in [4.69, 9.17) is 10.5 Å². The van der Waals surface area contributed by atoms with Crippen molar-refractivity contribution >= 4 is 12.8 Å². The molecule has 0 amide bonds. The lowest BCUT2D eigenvalue weighted by atomic mass is 9.85. The molecule has 0 saturated carbocycles. The highest BCUT2D eigenvalue weighted by molar-refractivity contribution is 7.61. The van der Waals surface area contributed by atoms with E-state index in [1.807, 2.05) is 6.07 Å². The Kier molecular flexibility index (Phi) is 4.17. The summed E-state index contributed by atoms with van der Waals surface area (Å²) in [5, 5.41) is 0. The molecule has 0 unspecified atom stereocenters. The minimum absolute atomic E-state index is 0.0145. The van der Waals surface area contributed by atoms with E-state index in [2.05, 4.69) is 26.8 Å². The summed E-state index contributed by atoms with van der Waals surface area (Å²) >= 11 is 0. The molecule has 0 bridgehead atoms. The van der Waals surface area contributed by atoms with E-state index in [1.54, 1.807) is 20.4 Å². The van der Waals surface area contributed by atoms with Gasteiger partial charge in [-0.3, -0.25) is 0 Å². The molecular weight excluding hydrogens is 245 g/mol. The summed E-state index contributed by atoms with van der Waals surface area (Å²) in [5.74, 6) is 0.659. The first-order valence-corrected chi connectivity index (χ1v) is 8.84. The van der Waals surface area contributed by atoms with Gasteiger partial charge in [-0.25, -0.2) is 0 Å². The maximum absolute atomic E-state index is 12.0. The maximum Gasteiger partial charge on any atom is 0.145 e. The quantitative estimate of drug-likeness (QED) is 0.672. The Labute approximate surface area is 110 Å². The Morgan fingerprint density at radius 3 is 2.22 bits per heavy atom. The van der Waals surface area contributed by atoms with Gasteiger partial charge in [0.1, 0.15) is 5.75 Å². The highest BCUT2D eigenvalue weighted by atomic mass is 31.2. The number of nitrogens with two attached hydrogens (primary N) is 1. The van der Waals surface area contributed by atoms with Crippen LogP contribution in [0.4, 0.5) is 5.69 Å². The predicted octanol–water partition coefficient (Wildman–Crippen LogP) is 3.70. The molecule has 3 nitrogen and oxygen atoms in total. The van der Waals surface area contributed by atoms with Crippen LogP contribution in [0, 0.1) is 0 Å². The minimum Gasteiger partial charge on any atom is -0.494 e. The van der Waals surface area contributed by atoms with E-state index in [-0.39, 0.29) is 5.41 Å². The second kappa shape index (κ2) is 4.97. The van der Waals surface area contributed by atoms with Crippen LogP contribution in [0.5, 0.6) is 5.75 Å². The van der Waals surface area contributed by atoms with Crippen molar-refractivity contribution < 1.29 is 9.30 Å². The smallest absolute Gasteiger partial charge is 0.145 e. The largest absolute Gasteiger partial charge is 0.494 e. The highest BCUT2D eigenvalue weighted by Crippen LogP contribution is 2.45. The molecule has 0 atom stereocenters. The monoisotopic (exact) mass is 269 g/mol. The normalized spacial score (nSPS) is 12.6. The molecule has 0 saturated heterocycles. The van der Waals surface area contributed by atoms with Crippen LogP contribution in [0.2, 0.25) is 0 Å². The standard InChI is InChI=1S/C14H24NO2P/c1-14(2,3)11-7-10(9-18(5,6)16)13(17-4)12(15)8-11/h7-8H,9,15H2,1-6H3. The number of hydrogen-bond donors (Lipinski definition) is 1. The Balaban J connectivity index is 3.37. The molecule has 4 heteroatoms. The average molecular weight is 269 g/mol. The lowest BCUT2D eigenvalue weighted by molar-refractivity contribution is 0.412. The summed E-state index contributed by atoms with van der Waals surface area (Å²) in [4.78, 5) is 0. The predicted molar refractivity (Wildman–Crippen MR) is 79.3 cm³/mol. The molecule has 1 aromatic carbocycles. The number of benzene rings is 1. The summed E-state index contributed by atoms with van der Waals surface area (Å²) in [7, 11) is -0.556. The second-order valence-corrected chi connectivity index (χ2v) is 9.70. The van der Waals surface area contributed by atoms with Gasteiger partial charge in [-0.05, 0) is 30.4 Å². The molecule has 18 heavy (non-hydrogen) atoms. The summed E-state index contributed by atoms with van der Waals surface area (Å²) in [6.45, 7) is 9.97. The van der Waals surface area contributed by atoms with Crippen molar-refractivity contribution in [2.45, 2.75) is 32.3 Å². The van der Waals surface area contributed by atoms with E-state index in [9.17, 15) is 4.57 Å². The number of rotatable bonds is 3. The second-order valence-electron chi connectivity index (χ2n) is 6.24. The van der Waals surface area contributed by atoms with Crippen molar-refractivity contribution in [1.29, 1.82) is 0 Å². The van der Waals surface area contributed by atoms with E-state index >= 15 is 0 Å². The van der Waals surface area contributed by atoms with Gasteiger partial charge in [0.2, 0.25) is 0 Å². The molecule has 102 valence electrons. The molecule has 0 aliphatic heterocycles. The third-order valence-electron chi connectivity index (χ3n) is 2.82. The number of nitrogen functional groups attached to an aromatic ring is 1. The molecule has 1 aromatic rings. The van der Waals surface area contributed by atoms with E-state index < -0.39 is 7.14 Å². The van der Waals surface area contributed by atoms with Crippen molar-refractivity contribution in [2.24, 2.45) is 0 Å². The topological polar surface area (TPSA) is 52.3 Å². The third kappa shape index (κ3) is 3.78. The summed E-state index contributed by atoms with van der Waals surface area (Å²) in [5.41, 5.74) is 8.75. The van der Waals surface area contributed by atoms with Gasteiger partial charge in [0, 0.05) is 11.7 Å². The lowest BCUT2D eigenvalue weighted by Gasteiger charge is -2.23. The lowest BCUT2D eigenvalue weighted by Crippen LogP contribution is -2.13. The maximum atomic E-state index is 12.0. The SMILES string of the molecule is COc1c(N)cc(C(C)(C)C)cc1CP(C)(C)=O. The van der Waals surface area contributed by atoms with Gasteiger partial charge in [-0.15, -0.1) is 0 Å². The molecule has 0 fully saturated rings. The molecule has 2 N–H and O–H groups in total. The van der Waals surface area contributed by atoms with Gasteiger partial charge < -0.3 is 15.0 Å². The molecular formula is C14H24NO2P. The van der Waals surface area contributed by atoms with Crippen LogP contribution in [0.1, 0.15) is 31.9 Å². The highest BCUT2D eigenvalue weighted by Gasteiger charge is 2.20. The fourth-order valence-electron chi connectivity index (χ4n) is 1.92. The van der Waals surface area contributed by atoms with Crippen LogP contribution in [0.25, 0.3) is 0 Å². The zero-order valence-corrected chi connectivity index (χ0v) is 13.1. The van der Waals surface area contributed by atoms with Crippen LogP contribution < -0.4 is 10.5 Å². The molecule has 0 aliphatic rings. The Hall–Kier alpha value is -0.950. The zero-order valence-electron chi connectivity index (χ0n) is 12.2. The fourth-order valence-corrected chi connectivity index (χ4v) is 2.98. The first kappa shape index (κ1) is 15.1. The van der Waals surface area contributed by atoms with Crippen LogP contribution in [-0.4, -0.2) is 20.4 Å². The summed E-state index contributed by atoms with van der Waals surface area (Å²) in [6.07, 6.45) is 0.518. The van der Waals surface area contributed by atoms with Gasteiger partial charge in [0.25, 0.3) is 0 Å². The summed E-state index contributed by atoms with van der Waals surface area (Å²) in [6, 6.07) is 4.01. The van der Waals surface area contributed by atoms with Crippen molar-refractivity contribution in [3.63, 3.8) is 0 Å². The Bertz CT molecular complexity index is 483. The number of hydrogen-bond acceptors (Lipinski definition) is 3. The first-order valence-electron chi connectivity index (χ1n) is 6.05. The minimum atomic E-state index is -2.16. The first-order chi connectivity index (χ1) is 8.04. The third-order valence-corrected chi connectivity index (χ3v) is 3.92. The fraction of sp³-hybridized carbons (Fsp3) is 0.571. The van der Waals surface area contributed by atoms with E-state index in [0.717, 1.165) is 11.1 Å². The molecule has 0 aliphatic carbocycles. The Morgan fingerprint density at radius 1 is 1.28 bits per heavy atom. The van der Waals surface area contributed by atoms with Crippen LogP contribution in [-0.2, 0) is 16.1 Å². The molecule has 0 spiro atoms. The van der Waals surface area contributed by atoms with Crippen LogP contribution in [0.3, 0.4) is 0 Å². The van der Waals surface area contributed by atoms with E-state index in [1.165, 1.54) is 0 Å². The van der Waals surface area contributed by atoms with Gasteiger partial charge >= 0.3 is 0 Å². The van der Waals surface area contributed by atoms with Gasteiger partial charge in [0.15, 0.2) is 0 Å². The van der Waals surface area contributed by atoms with Crippen molar-refractivity contribution in [3.8, 4) is 5.75 Å².